The van der Waals surface area contributed by atoms with E-state index in [1.165, 1.54) is 31.5 Å². The van der Waals surface area contributed by atoms with Crippen molar-refractivity contribution in [3.63, 3.8) is 0 Å². The number of carbonyl (C=O) groups is 3. The molecule has 2 amide bonds. The number of carbonyl (C=O) groups excluding carboxylic acids is 2. The summed E-state index contributed by atoms with van der Waals surface area (Å²) in [6.45, 7) is 2.15. The zero-order valence-electron chi connectivity index (χ0n) is 22.8. The number of pyridine rings is 1. The molecule has 43 heavy (non-hydrogen) atoms. The molecular weight excluding hydrogens is 580 g/mol. The number of hydrogen-bond acceptors (Lipinski definition) is 8. The number of nitrogens with two attached hydrogens (primary N) is 1. The van der Waals surface area contributed by atoms with Gasteiger partial charge < -0.3 is 25.6 Å². The molecule has 1 atom stereocenters. The molecule has 230 valence electrons. The number of halogens is 4. The molecule has 7 N–H and O–H groups in total. The van der Waals surface area contributed by atoms with Crippen molar-refractivity contribution in [3.8, 4) is 11.5 Å². The molecule has 0 fully saturated rings. The highest BCUT2D eigenvalue weighted by Gasteiger charge is 2.38. The van der Waals surface area contributed by atoms with Gasteiger partial charge in [0.25, 0.3) is 11.8 Å². The summed E-state index contributed by atoms with van der Waals surface area (Å²) >= 11 is 0. The number of ether oxygens (including phenoxy) is 2. The summed E-state index contributed by atoms with van der Waals surface area (Å²) in [7, 11) is 1.41. The van der Waals surface area contributed by atoms with Crippen molar-refractivity contribution in [2.75, 3.05) is 19.0 Å². The van der Waals surface area contributed by atoms with Crippen LogP contribution >= 0.6 is 0 Å². The maximum absolute atomic E-state index is 15.5. The van der Waals surface area contributed by atoms with Gasteiger partial charge in [0.05, 0.1) is 13.7 Å². The third-order valence-electron chi connectivity index (χ3n) is 5.26. The van der Waals surface area contributed by atoms with Gasteiger partial charge in [0, 0.05) is 29.1 Å². The number of nitrogen functional groups attached to an aromatic ring is 1. The number of hydrazine groups is 1. The smallest absolute Gasteiger partial charge is 0.490 e. The third kappa shape index (κ3) is 10.2. The minimum atomic E-state index is -5.08. The molecule has 0 bridgehead atoms. The summed E-state index contributed by atoms with van der Waals surface area (Å²) < 4.78 is 58.1. The largest absolute Gasteiger partial charge is 0.497 e. The maximum atomic E-state index is 15.5. The molecule has 16 heteroatoms. The molecule has 0 spiro atoms. The number of amidine groups is 1. The van der Waals surface area contributed by atoms with E-state index in [0.717, 1.165) is 0 Å². The number of nitrogens with zero attached hydrogens (tertiary/aromatic N) is 1. The molecule has 3 rings (SSSR count). The van der Waals surface area contributed by atoms with E-state index in [0.29, 0.717) is 17.7 Å². The molecule has 0 radical (unpaired) electrons. The molecule has 3 aromatic rings. The van der Waals surface area contributed by atoms with Crippen molar-refractivity contribution in [1.29, 1.82) is 5.41 Å². The lowest BCUT2D eigenvalue weighted by Crippen LogP contribution is -2.45. The number of nitrogens with one attached hydrogen (secondary N) is 4. The summed E-state index contributed by atoms with van der Waals surface area (Å²) in [6.07, 6.45) is -2.99. The van der Waals surface area contributed by atoms with Crippen molar-refractivity contribution in [1.82, 2.24) is 15.8 Å². The molecule has 1 unspecified atom stereocenters. The lowest BCUT2D eigenvalue weighted by atomic mass is 10.0. The fourth-order valence-electron chi connectivity index (χ4n) is 3.19. The summed E-state index contributed by atoms with van der Waals surface area (Å²) in [6, 6.07) is 12.6. The second kappa shape index (κ2) is 15.6. The lowest BCUT2D eigenvalue weighted by Gasteiger charge is -2.22. The summed E-state index contributed by atoms with van der Waals surface area (Å²) in [5.41, 5.74) is 11.0. The molecule has 1 aromatic heterocycles. The number of benzene rings is 2. The summed E-state index contributed by atoms with van der Waals surface area (Å²) in [4.78, 5) is 38.4. The first-order chi connectivity index (χ1) is 20.3. The predicted octanol–water partition coefficient (Wildman–Crippen LogP) is 3.55. The van der Waals surface area contributed by atoms with Gasteiger partial charge in [-0.2, -0.15) is 13.2 Å². The quantitative estimate of drug-likeness (QED) is 0.0866. The Morgan fingerprint density at radius 3 is 2.26 bits per heavy atom. The molecule has 0 aliphatic carbocycles. The van der Waals surface area contributed by atoms with E-state index >= 15 is 4.39 Å². The lowest BCUT2D eigenvalue weighted by molar-refractivity contribution is -0.192. The molecule has 2 aromatic carbocycles. The van der Waals surface area contributed by atoms with Gasteiger partial charge in [-0.15, -0.1) is 0 Å². The van der Waals surface area contributed by atoms with Crippen LogP contribution in [0.25, 0.3) is 0 Å². The number of carboxylic acids is 1. The zero-order chi connectivity index (χ0) is 32.2. The SMILES string of the molecule is CCCOc1cc(OC)cc(C(Nc2ccc(C(=N)N)cc2)C(=O)NNC(=O)c2ccccn2)c1F.O=C(O)C(F)(F)F. The highest BCUT2D eigenvalue weighted by molar-refractivity contribution is 5.96. The summed E-state index contributed by atoms with van der Waals surface area (Å²) in [5, 5.41) is 17.6. The van der Waals surface area contributed by atoms with Crippen LogP contribution in [0.1, 0.15) is 41.0 Å². The van der Waals surface area contributed by atoms with Gasteiger partial charge in [0.1, 0.15) is 23.3 Å². The Bertz CT molecular complexity index is 1420. The second-order valence-electron chi connectivity index (χ2n) is 8.41. The van der Waals surface area contributed by atoms with E-state index in [9.17, 15) is 22.8 Å². The van der Waals surface area contributed by atoms with Crippen molar-refractivity contribution in [3.05, 3.63) is 83.4 Å². The minimum absolute atomic E-state index is 0.0688. The molecule has 0 aliphatic heterocycles. The van der Waals surface area contributed by atoms with Gasteiger partial charge in [-0.1, -0.05) is 13.0 Å². The average molecular weight is 609 g/mol. The molecular formula is C27H28F4N6O6. The van der Waals surface area contributed by atoms with Crippen molar-refractivity contribution < 1.29 is 46.5 Å². The van der Waals surface area contributed by atoms with Gasteiger partial charge in [0.15, 0.2) is 11.6 Å². The minimum Gasteiger partial charge on any atom is -0.497 e. The second-order valence-corrected chi connectivity index (χ2v) is 8.41. The predicted molar refractivity (Wildman–Crippen MR) is 146 cm³/mol. The van der Waals surface area contributed by atoms with Crippen LogP contribution in [0.4, 0.5) is 23.2 Å². The molecule has 0 aliphatic rings. The van der Waals surface area contributed by atoms with Crippen LogP contribution in [0.3, 0.4) is 0 Å². The maximum Gasteiger partial charge on any atom is 0.490 e. The average Bonchev–Trinajstić information content (AvgIpc) is 2.98. The molecule has 0 saturated carbocycles. The standard InChI is InChI=1S/C25H27FN6O4.C2HF3O2/c1-3-12-36-20-14-17(35-2)13-18(21(20)26)22(30-16-9-7-15(8-10-16)23(27)28)25(34)32-31-24(33)19-6-4-5-11-29-19;3-2(4,5)1(6)7/h4-11,13-14,22,30H,3,12H2,1-2H3,(H3,27,28)(H,31,33)(H,32,34);(H,6,7). The Balaban J connectivity index is 0.000000821. The van der Waals surface area contributed by atoms with Crippen LogP contribution < -0.4 is 31.4 Å². The number of alkyl halides is 3. The topological polar surface area (TPSA) is 189 Å². The zero-order valence-corrected chi connectivity index (χ0v) is 22.8. The Hall–Kier alpha value is -5.41. The molecule has 0 saturated heterocycles. The van der Waals surface area contributed by atoms with Gasteiger partial charge >= 0.3 is 12.1 Å². The fraction of sp³-hybridized carbons (Fsp3) is 0.222. The van der Waals surface area contributed by atoms with Crippen molar-refractivity contribution >= 4 is 29.3 Å². The van der Waals surface area contributed by atoms with E-state index in [2.05, 4.69) is 21.2 Å². The van der Waals surface area contributed by atoms with E-state index in [-0.39, 0.29) is 35.2 Å². The van der Waals surface area contributed by atoms with E-state index in [1.807, 2.05) is 6.92 Å². The monoisotopic (exact) mass is 608 g/mol. The van der Waals surface area contributed by atoms with Crippen LogP contribution in [-0.2, 0) is 9.59 Å². The number of anilines is 1. The summed E-state index contributed by atoms with van der Waals surface area (Å²) in [5.74, 6) is -4.84. The van der Waals surface area contributed by atoms with Crippen LogP contribution in [-0.4, -0.2) is 53.6 Å². The first kappa shape index (κ1) is 33.8. The van der Waals surface area contributed by atoms with Gasteiger partial charge in [-0.3, -0.25) is 30.8 Å². The van der Waals surface area contributed by atoms with E-state index in [1.54, 1.807) is 36.4 Å². The van der Waals surface area contributed by atoms with Crippen LogP contribution in [0.5, 0.6) is 11.5 Å². The third-order valence-corrected chi connectivity index (χ3v) is 5.26. The Kier molecular flexibility index (Phi) is 12.2. The Morgan fingerprint density at radius 2 is 1.74 bits per heavy atom. The van der Waals surface area contributed by atoms with E-state index < -0.39 is 35.8 Å². The first-order valence-electron chi connectivity index (χ1n) is 12.3. The van der Waals surface area contributed by atoms with E-state index in [4.69, 9.17) is 30.5 Å². The Labute approximate surface area is 242 Å². The van der Waals surface area contributed by atoms with Crippen LogP contribution in [0.2, 0.25) is 0 Å². The first-order valence-corrected chi connectivity index (χ1v) is 12.3. The van der Waals surface area contributed by atoms with Gasteiger partial charge in [-0.25, -0.2) is 9.18 Å². The van der Waals surface area contributed by atoms with Crippen molar-refractivity contribution in [2.24, 2.45) is 5.73 Å². The number of carboxylic acid groups (broad SMARTS) is 1. The molecule has 12 nitrogen and oxygen atoms in total. The highest BCUT2D eigenvalue weighted by Crippen LogP contribution is 2.33. The number of aromatic nitrogens is 1. The molecule has 1 heterocycles. The number of aliphatic carboxylic acids is 1. The van der Waals surface area contributed by atoms with Crippen LogP contribution in [0, 0.1) is 11.2 Å². The van der Waals surface area contributed by atoms with Gasteiger partial charge in [-0.05, 0) is 48.9 Å². The number of methoxy groups -OCH3 is 1. The highest BCUT2D eigenvalue weighted by atomic mass is 19.4. The Morgan fingerprint density at radius 1 is 1.09 bits per heavy atom. The van der Waals surface area contributed by atoms with Crippen molar-refractivity contribution in [2.45, 2.75) is 25.6 Å². The number of hydrogen-bond donors (Lipinski definition) is 6. The fourth-order valence-corrected chi connectivity index (χ4v) is 3.19. The van der Waals surface area contributed by atoms with Gasteiger partial charge in [0.2, 0.25) is 0 Å². The number of rotatable bonds is 10. The number of amides is 2. The normalized spacial score (nSPS) is 11.2. The van der Waals surface area contributed by atoms with Crippen LogP contribution in [0.15, 0.2) is 60.8 Å².